The molecule has 0 N–H and O–H groups in total. The van der Waals surface area contributed by atoms with Crippen molar-refractivity contribution in [3.63, 3.8) is 0 Å². The summed E-state index contributed by atoms with van der Waals surface area (Å²) in [5.41, 5.74) is 4.70. The topological polar surface area (TPSA) is 121 Å². The molecule has 0 aromatic heterocycles. The number of hydrogen-bond acceptors (Lipinski definition) is 7. The average molecular weight is 617 g/mol. The third-order valence-corrected chi connectivity index (χ3v) is 8.96. The van der Waals surface area contributed by atoms with Crippen molar-refractivity contribution in [1.29, 1.82) is 0 Å². The summed E-state index contributed by atoms with van der Waals surface area (Å²) in [5, 5.41) is 0.659. The van der Waals surface area contributed by atoms with Gasteiger partial charge in [0.1, 0.15) is 33.3 Å². The van der Waals surface area contributed by atoms with Gasteiger partial charge < -0.3 is 14.0 Å². The van der Waals surface area contributed by atoms with Crippen molar-refractivity contribution in [3.8, 4) is 0 Å². The van der Waals surface area contributed by atoms with Crippen LogP contribution in [0, 0.1) is 0 Å². The maximum absolute atomic E-state index is 12.2. The van der Waals surface area contributed by atoms with Gasteiger partial charge in [-0.2, -0.15) is 0 Å². The van der Waals surface area contributed by atoms with E-state index in [2.05, 4.69) is 37.2 Å². The van der Waals surface area contributed by atoms with Gasteiger partial charge in [-0.15, -0.1) is 0 Å². The van der Waals surface area contributed by atoms with E-state index in [9.17, 15) is 25.9 Å². The van der Waals surface area contributed by atoms with Crippen LogP contribution in [0.2, 0.25) is 0 Å². The molecule has 0 fully saturated rings. The number of rotatable bonds is 9. The van der Waals surface area contributed by atoms with Gasteiger partial charge in [-0.25, -0.2) is 21.4 Å². The normalized spacial score (nSPS) is 13.3. The first-order chi connectivity index (χ1) is 19.4. The van der Waals surface area contributed by atoms with E-state index in [1.54, 1.807) is 0 Å². The van der Waals surface area contributed by atoms with Crippen molar-refractivity contribution in [2.75, 3.05) is 31.1 Å². The molecule has 11 heteroatoms. The van der Waals surface area contributed by atoms with E-state index in [-0.39, 0.29) is 34.9 Å². The molecule has 0 heterocycles. The van der Waals surface area contributed by atoms with Gasteiger partial charge in [-0.05, 0) is 109 Å². The molecular formula is C31H33N2NaO6S2. The van der Waals surface area contributed by atoms with Crippen molar-refractivity contribution in [2.45, 2.75) is 37.5 Å². The number of fused-ring (bicyclic) bond motifs is 1. The largest absolute Gasteiger partial charge is 1.00 e. The zero-order valence-corrected chi connectivity index (χ0v) is 28.1. The van der Waals surface area contributed by atoms with Gasteiger partial charge >= 0.3 is 29.6 Å². The first-order valence-corrected chi connectivity index (χ1v) is 16.3. The molecule has 0 atom stereocenters. The van der Waals surface area contributed by atoms with E-state index in [1.807, 2.05) is 48.6 Å². The summed E-state index contributed by atoms with van der Waals surface area (Å²) in [6.07, 6.45) is 7.88. The average Bonchev–Trinajstić information content (AvgIpc) is 2.94. The number of nitrogens with zero attached hydrogens (tertiary/aromatic N) is 2. The van der Waals surface area contributed by atoms with Crippen LogP contribution in [-0.2, 0) is 20.2 Å². The minimum absolute atomic E-state index is 0. The van der Waals surface area contributed by atoms with Gasteiger partial charge in [-0.1, -0.05) is 18.2 Å². The second-order valence-corrected chi connectivity index (χ2v) is 12.3. The van der Waals surface area contributed by atoms with E-state index in [0.29, 0.717) is 16.5 Å². The molecule has 0 radical (unpaired) electrons. The first-order valence-electron chi connectivity index (χ1n) is 13.5. The van der Waals surface area contributed by atoms with Crippen molar-refractivity contribution in [3.05, 3.63) is 95.6 Å². The number of benzene rings is 3. The fraction of sp³-hybridized carbons (Fsp3) is 0.258. The molecule has 0 bridgehead atoms. The summed E-state index contributed by atoms with van der Waals surface area (Å²) in [7, 11) is -9.73. The number of hydrogen-bond donors (Lipinski definition) is 0. The second kappa shape index (κ2) is 13.8. The third kappa shape index (κ3) is 7.31. The molecule has 1 aliphatic rings. The monoisotopic (exact) mass is 616 g/mol. The molecule has 1 aliphatic carbocycles. The van der Waals surface area contributed by atoms with Crippen LogP contribution in [0.15, 0.2) is 94.3 Å². The predicted octanol–water partition coefficient (Wildman–Crippen LogP) is 1.92. The Balaban J connectivity index is 0.00000484. The molecule has 3 aromatic rings. The molecular weight excluding hydrogens is 583 g/mol. The van der Waals surface area contributed by atoms with Crippen LogP contribution in [0.4, 0.5) is 5.69 Å². The zero-order chi connectivity index (χ0) is 29.9. The third-order valence-electron chi connectivity index (χ3n) is 7.31. The van der Waals surface area contributed by atoms with Gasteiger partial charge in [0, 0.05) is 30.9 Å². The Morgan fingerprint density at radius 3 is 1.79 bits per heavy atom. The molecule has 3 aromatic carbocycles. The van der Waals surface area contributed by atoms with Crippen molar-refractivity contribution in [1.82, 2.24) is 0 Å². The fourth-order valence-corrected chi connectivity index (χ4v) is 6.20. The molecule has 0 aliphatic heterocycles. The molecule has 216 valence electrons. The maximum atomic E-state index is 12.2. The van der Waals surface area contributed by atoms with Crippen LogP contribution >= 0.6 is 0 Å². The van der Waals surface area contributed by atoms with Gasteiger partial charge in [0.05, 0.1) is 9.79 Å². The van der Waals surface area contributed by atoms with E-state index in [0.717, 1.165) is 60.8 Å². The first kappa shape index (κ1) is 33.9. The van der Waals surface area contributed by atoms with Gasteiger partial charge in [0.25, 0.3) is 0 Å². The van der Waals surface area contributed by atoms with Crippen molar-refractivity contribution < 1.29 is 60.1 Å². The van der Waals surface area contributed by atoms with Gasteiger partial charge in [0.2, 0.25) is 0 Å². The molecule has 0 saturated heterocycles. The Morgan fingerprint density at radius 1 is 0.738 bits per heavy atom. The molecule has 0 amide bonds. The van der Waals surface area contributed by atoms with Crippen LogP contribution < -0.4 is 34.5 Å². The van der Waals surface area contributed by atoms with Crippen LogP contribution in [0.1, 0.15) is 38.8 Å². The molecule has 4 rings (SSSR count). The molecule has 0 saturated carbocycles. The summed E-state index contributed by atoms with van der Waals surface area (Å²) < 4.78 is 74.1. The smallest absolute Gasteiger partial charge is 0.744 e. The fourth-order valence-electron chi connectivity index (χ4n) is 5.16. The Labute approximate surface area is 270 Å². The second-order valence-electron chi connectivity index (χ2n) is 9.58. The Hall–Kier alpha value is -2.57. The van der Waals surface area contributed by atoms with E-state index < -0.39 is 30.0 Å². The van der Waals surface area contributed by atoms with E-state index in [1.165, 1.54) is 18.2 Å². The SMILES string of the molecule is CCN(CC)c1ccc(C(=C2C=CC(=[N+](CC)CC)C=C2)c2cc(S(=O)(=O)[O-])cc3cc(S(=O)(=O)[O-])ccc23)cc1.[Na+]. The number of allylic oxidation sites excluding steroid dienone is 5. The Kier molecular flexibility index (Phi) is 11.2. The summed E-state index contributed by atoms with van der Waals surface area (Å²) in [4.78, 5) is 1.18. The quantitative estimate of drug-likeness (QED) is 0.205. The minimum Gasteiger partial charge on any atom is -0.744 e. The molecule has 0 spiro atoms. The van der Waals surface area contributed by atoms with E-state index in [4.69, 9.17) is 0 Å². The maximum Gasteiger partial charge on any atom is 1.00 e. The molecule has 42 heavy (non-hydrogen) atoms. The Morgan fingerprint density at radius 2 is 1.29 bits per heavy atom. The standard InChI is InChI=1S/C31H34N2O6S2.Na/c1-5-32(6-2)25-13-9-22(10-14-25)31(23-11-15-26(16-12-23)33(7-3)8-4)30-21-28(41(37,38)39)20-24-19-27(40(34,35)36)17-18-29(24)30;/h9-21H,5-8H2,1-4H3,(H-,34,35,36,37,38,39);/q;+1/p-1. The molecule has 0 unspecified atom stereocenters. The molecule has 8 nitrogen and oxygen atoms in total. The summed E-state index contributed by atoms with van der Waals surface area (Å²) in [5.74, 6) is 0. The van der Waals surface area contributed by atoms with Crippen LogP contribution in [-0.4, -0.2) is 62.4 Å². The van der Waals surface area contributed by atoms with Crippen molar-refractivity contribution >= 4 is 48.0 Å². The van der Waals surface area contributed by atoms with Crippen LogP contribution in [0.5, 0.6) is 0 Å². The van der Waals surface area contributed by atoms with Crippen LogP contribution in [0.3, 0.4) is 0 Å². The van der Waals surface area contributed by atoms with E-state index >= 15 is 0 Å². The van der Waals surface area contributed by atoms with Crippen molar-refractivity contribution in [2.24, 2.45) is 0 Å². The van der Waals surface area contributed by atoms with Crippen LogP contribution in [0.25, 0.3) is 16.3 Å². The number of anilines is 1. The summed E-state index contributed by atoms with van der Waals surface area (Å²) in [6, 6.07) is 14.1. The zero-order valence-electron chi connectivity index (χ0n) is 24.5. The Bertz CT molecular complexity index is 1790. The van der Waals surface area contributed by atoms with Gasteiger partial charge in [0.15, 0.2) is 5.71 Å². The summed E-state index contributed by atoms with van der Waals surface area (Å²) >= 11 is 0. The predicted molar refractivity (Wildman–Crippen MR) is 161 cm³/mol. The summed E-state index contributed by atoms with van der Waals surface area (Å²) in [6.45, 7) is 11.6. The van der Waals surface area contributed by atoms with Gasteiger partial charge in [-0.3, -0.25) is 0 Å². The minimum atomic E-state index is -4.92.